The molecule has 2 aromatic rings. The van der Waals surface area contributed by atoms with Gasteiger partial charge in [0.15, 0.2) is 0 Å². The van der Waals surface area contributed by atoms with Crippen molar-refractivity contribution in [3.8, 4) is 16.9 Å². The molecule has 1 aromatic carbocycles. The van der Waals surface area contributed by atoms with Gasteiger partial charge in [0.1, 0.15) is 11.6 Å². The van der Waals surface area contributed by atoms with Crippen LogP contribution in [0.3, 0.4) is 0 Å². The van der Waals surface area contributed by atoms with Crippen LogP contribution in [0.4, 0.5) is 4.39 Å². The van der Waals surface area contributed by atoms with Crippen molar-refractivity contribution in [3.63, 3.8) is 0 Å². The Morgan fingerprint density at radius 1 is 1.24 bits per heavy atom. The lowest BCUT2D eigenvalue weighted by molar-refractivity contribution is 0.129. The molecule has 0 saturated carbocycles. The number of ether oxygens (including phenoxy) is 1. The lowest BCUT2D eigenvalue weighted by atomic mass is 10.0. The third-order valence-electron chi connectivity index (χ3n) is 5.03. The summed E-state index contributed by atoms with van der Waals surface area (Å²) in [4.78, 5) is 6.46. The predicted molar refractivity (Wildman–Crippen MR) is 115 cm³/mol. The van der Waals surface area contributed by atoms with Gasteiger partial charge in [-0.15, -0.1) is 0 Å². The molecular formula is C23H34FN3O2. The van der Waals surface area contributed by atoms with E-state index in [4.69, 9.17) is 9.84 Å². The Labute approximate surface area is 173 Å². The first-order valence-electron chi connectivity index (χ1n) is 10.5. The summed E-state index contributed by atoms with van der Waals surface area (Å²) in [6, 6.07) is 9.29. The summed E-state index contributed by atoms with van der Waals surface area (Å²) in [5.74, 6) is 0.253. The van der Waals surface area contributed by atoms with Crippen molar-refractivity contribution in [3.05, 3.63) is 48.0 Å². The quantitative estimate of drug-likeness (QED) is 0.641. The number of hydrogen-bond acceptors (Lipinski definition) is 5. The molecule has 2 N–H and O–H groups in total. The van der Waals surface area contributed by atoms with Gasteiger partial charge in [-0.3, -0.25) is 9.88 Å². The number of halogens is 1. The maximum Gasteiger partial charge on any atom is 0.130 e. The van der Waals surface area contributed by atoms with E-state index in [9.17, 15) is 4.39 Å². The lowest BCUT2D eigenvalue weighted by Gasteiger charge is -2.18. The monoisotopic (exact) mass is 403 g/mol. The van der Waals surface area contributed by atoms with Crippen LogP contribution in [0.15, 0.2) is 36.5 Å². The number of hydrogen-bond donors (Lipinski definition) is 2. The van der Waals surface area contributed by atoms with Crippen LogP contribution in [-0.4, -0.2) is 48.0 Å². The van der Waals surface area contributed by atoms with Crippen molar-refractivity contribution >= 4 is 0 Å². The second-order valence-electron chi connectivity index (χ2n) is 7.05. The van der Waals surface area contributed by atoms with Crippen molar-refractivity contribution in [2.45, 2.75) is 52.1 Å². The molecule has 2 atom stereocenters. The average molecular weight is 404 g/mol. The van der Waals surface area contributed by atoms with E-state index in [-0.39, 0.29) is 18.6 Å². The molecule has 0 amide bonds. The van der Waals surface area contributed by atoms with Crippen molar-refractivity contribution in [2.75, 3.05) is 26.9 Å². The molecule has 1 aliphatic rings. The zero-order valence-corrected chi connectivity index (χ0v) is 18.0. The van der Waals surface area contributed by atoms with Gasteiger partial charge in [-0.05, 0) is 63.1 Å². The molecule has 29 heavy (non-hydrogen) atoms. The fourth-order valence-electron chi connectivity index (χ4n) is 3.54. The molecule has 1 aliphatic heterocycles. The molecule has 5 nitrogen and oxygen atoms in total. The Morgan fingerprint density at radius 3 is 2.76 bits per heavy atom. The minimum atomic E-state index is -0.301. The minimum absolute atomic E-state index is 0.0829. The zero-order valence-electron chi connectivity index (χ0n) is 18.0. The lowest BCUT2D eigenvalue weighted by Crippen LogP contribution is -2.30. The van der Waals surface area contributed by atoms with Crippen molar-refractivity contribution in [2.24, 2.45) is 0 Å². The molecule has 3 rings (SSSR count). The SMILES string of the molecule is CC.CCOc1cc(F)ccc1-c1ccnc([C@H]2CC[C@@H](CCN(C)CO)N2)c1. The van der Waals surface area contributed by atoms with E-state index < -0.39 is 0 Å². The highest BCUT2D eigenvalue weighted by Gasteiger charge is 2.26. The van der Waals surface area contributed by atoms with Crippen LogP contribution < -0.4 is 10.1 Å². The standard InChI is InChI=1S/C21H28FN3O2.C2H6/c1-3-27-21-13-16(22)4-6-18(21)15-8-10-23-20(12-15)19-7-5-17(24-19)9-11-25(2)14-26;1-2/h4,6,8,10,12-13,17,19,24,26H,3,5,7,9,11,14H2,1-2H3;1-2H3/t17-,19+;/m0./s1. The smallest absolute Gasteiger partial charge is 0.130 e. The van der Waals surface area contributed by atoms with Crippen LogP contribution in [0.25, 0.3) is 11.1 Å². The number of aliphatic hydroxyl groups excluding tert-OH is 1. The fraction of sp³-hybridized carbons (Fsp3) is 0.522. The van der Waals surface area contributed by atoms with Gasteiger partial charge in [0.25, 0.3) is 0 Å². The van der Waals surface area contributed by atoms with Gasteiger partial charge in [0.05, 0.1) is 19.0 Å². The van der Waals surface area contributed by atoms with E-state index in [0.29, 0.717) is 18.4 Å². The van der Waals surface area contributed by atoms with Crippen LogP contribution >= 0.6 is 0 Å². The van der Waals surface area contributed by atoms with Crippen molar-refractivity contribution < 1.29 is 14.2 Å². The second-order valence-corrected chi connectivity index (χ2v) is 7.05. The minimum Gasteiger partial charge on any atom is -0.493 e. The Balaban J connectivity index is 0.00000145. The number of nitrogens with one attached hydrogen (secondary N) is 1. The number of nitrogens with zero attached hydrogens (tertiary/aromatic N) is 2. The molecule has 0 unspecified atom stereocenters. The van der Waals surface area contributed by atoms with Gasteiger partial charge in [-0.1, -0.05) is 13.8 Å². The highest BCUT2D eigenvalue weighted by Crippen LogP contribution is 2.33. The van der Waals surface area contributed by atoms with Gasteiger partial charge in [0, 0.05) is 36.5 Å². The van der Waals surface area contributed by atoms with Crippen molar-refractivity contribution in [1.29, 1.82) is 0 Å². The molecule has 2 heterocycles. The highest BCUT2D eigenvalue weighted by molar-refractivity contribution is 5.70. The Bertz CT molecular complexity index is 757. The number of aliphatic hydroxyl groups is 1. The predicted octanol–water partition coefficient (Wildman–Crippen LogP) is 4.38. The molecule has 0 aliphatic carbocycles. The maximum absolute atomic E-state index is 13.6. The third-order valence-corrected chi connectivity index (χ3v) is 5.03. The normalized spacial score (nSPS) is 18.4. The molecule has 6 heteroatoms. The number of benzene rings is 1. The molecule has 1 fully saturated rings. The van der Waals surface area contributed by atoms with Gasteiger partial charge in [0.2, 0.25) is 0 Å². The second kappa shape index (κ2) is 11.9. The Kier molecular flexibility index (Phi) is 9.51. The largest absolute Gasteiger partial charge is 0.493 e. The van der Waals surface area contributed by atoms with E-state index in [2.05, 4.69) is 16.4 Å². The molecular weight excluding hydrogens is 369 g/mol. The van der Waals surface area contributed by atoms with Gasteiger partial charge < -0.3 is 15.2 Å². The van der Waals surface area contributed by atoms with E-state index in [1.54, 1.807) is 12.3 Å². The van der Waals surface area contributed by atoms with E-state index >= 15 is 0 Å². The molecule has 0 bridgehead atoms. The summed E-state index contributed by atoms with van der Waals surface area (Å²) in [7, 11) is 1.91. The molecule has 0 spiro atoms. The molecule has 1 saturated heterocycles. The highest BCUT2D eigenvalue weighted by atomic mass is 19.1. The first-order chi connectivity index (χ1) is 14.1. The first-order valence-corrected chi connectivity index (χ1v) is 10.5. The molecule has 160 valence electrons. The number of pyridine rings is 1. The summed E-state index contributed by atoms with van der Waals surface area (Å²) in [5, 5.41) is 12.8. The van der Waals surface area contributed by atoms with Gasteiger partial charge in [-0.2, -0.15) is 0 Å². The van der Waals surface area contributed by atoms with Crippen LogP contribution in [0.1, 0.15) is 51.8 Å². The molecule has 1 aromatic heterocycles. The Morgan fingerprint density at radius 2 is 2.03 bits per heavy atom. The maximum atomic E-state index is 13.6. The first kappa shape index (κ1) is 23.3. The summed E-state index contributed by atoms with van der Waals surface area (Å²) in [5.41, 5.74) is 2.85. The van der Waals surface area contributed by atoms with Gasteiger partial charge >= 0.3 is 0 Å². The summed E-state index contributed by atoms with van der Waals surface area (Å²) in [6.07, 6.45) is 4.93. The van der Waals surface area contributed by atoms with E-state index in [1.165, 1.54) is 12.1 Å². The Hall–Kier alpha value is -2.02. The van der Waals surface area contributed by atoms with Crippen LogP contribution in [0.5, 0.6) is 5.75 Å². The summed E-state index contributed by atoms with van der Waals surface area (Å²) < 4.78 is 19.2. The van der Waals surface area contributed by atoms with Crippen LogP contribution in [0, 0.1) is 5.82 Å². The topological polar surface area (TPSA) is 57.6 Å². The summed E-state index contributed by atoms with van der Waals surface area (Å²) >= 11 is 0. The number of aromatic nitrogens is 1. The van der Waals surface area contributed by atoms with Crippen LogP contribution in [0.2, 0.25) is 0 Å². The van der Waals surface area contributed by atoms with Gasteiger partial charge in [-0.25, -0.2) is 4.39 Å². The number of rotatable bonds is 8. The van der Waals surface area contributed by atoms with E-state index in [0.717, 1.165) is 42.6 Å². The van der Waals surface area contributed by atoms with E-state index in [1.807, 2.05) is 38.8 Å². The fourth-order valence-corrected chi connectivity index (χ4v) is 3.54. The zero-order chi connectivity index (χ0) is 21.2. The molecule has 0 radical (unpaired) electrons. The average Bonchev–Trinajstić information content (AvgIpc) is 3.23. The third kappa shape index (κ3) is 6.49. The van der Waals surface area contributed by atoms with Crippen molar-refractivity contribution in [1.82, 2.24) is 15.2 Å². The summed E-state index contributed by atoms with van der Waals surface area (Å²) in [6.45, 7) is 7.33. The van der Waals surface area contributed by atoms with Crippen LogP contribution in [-0.2, 0) is 0 Å².